The maximum Gasteiger partial charge on any atom is 0.257 e. The van der Waals surface area contributed by atoms with Crippen molar-refractivity contribution < 1.29 is 4.79 Å². The van der Waals surface area contributed by atoms with Crippen LogP contribution in [0, 0.1) is 17.3 Å². The van der Waals surface area contributed by atoms with Crippen LogP contribution in [-0.2, 0) is 4.79 Å². The molecular weight excluding hydrogens is 396 g/mol. The maximum absolute atomic E-state index is 13.2. The third-order valence-electron chi connectivity index (χ3n) is 5.68. The lowest BCUT2D eigenvalue weighted by Crippen LogP contribution is -2.41. The van der Waals surface area contributed by atoms with Crippen molar-refractivity contribution in [3.63, 3.8) is 0 Å². The third kappa shape index (κ3) is 4.08. The van der Waals surface area contributed by atoms with Gasteiger partial charge in [0.1, 0.15) is 11.6 Å². The van der Waals surface area contributed by atoms with Crippen molar-refractivity contribution in [1.29, 1.82) is 0 Å². The molecule has 3 heterocycles. The zero-order valence-corrected chi connectivity index (χ0v) is 18.7. The quantitative estimate of drug-likeness (QED) is 0.548. The highest BCUT2D eigenvalue weighted by molar-refractivity contribution is 7.99. The second-order valence-corrected chi connectivity index (χ2v) is 10.3. The van der Waals surface area contributed by atoms with Crippen molar-refractivity contribution in [2.45, 2.75) is 51.6 Å². The van der Waals surface area contributed by atoms with Crippen molar-refractivity contribution in [3.05, 3.63) is 57.8 Å². The van der Waals surface area contributed by atoms with Crippen LogP contribution in [0.4, 0.5) is 5.82 Å². The van der Waals surface area contributed by atoms with Crippen LogP contribution >= 0.6 is 11.8 Å². The van der Waals surface area contributed by atoms with E-state index in [9.17, 15) is 9.59 Å². The van der Waals surface area contributed by atoms with Gasteiger partial charge in [0.25, 0.3) is 5.56 Å². The Morgan fingerprint density at radius 2 is 2.07 bits per heavy atom. The molecule has 7 heteroatoms. The Morgan fingerprint density at radius 3 is 2.77 bits per heavy atom. The Hall–Kier alpha value is -2.41. The Kier molecular flexibility index (Phi) is 5.57. The second kappa shape index (κ2) is 8.02. The Balaban J connectivity index is 1.82. The van der Waals surface area contributed by atoms with E-state index >= 15 is 0 Å². The van der Waals surface area contributed by atoms with Gasteiger partial charge in [0, 0.05) is 36.2 Å². The minimum Gasteiger partial charge on any atom is -0.343 e. The highest BCUT2D eigenvalue weighted by atomic mass is 32.2. The van der Waals surface area contributed by atoms with Crippen LogP contribution in [0.1, 0.15) is 57.6 Å². The number of pyridine rings is 1. The number of anilines is 1. The van der Waals surface area contributed by atoms with Crippen LogP contribution in [0.3, 0.4) is 0 Å². The molecule has 0 unspecified atom stereocenters. The first-order chi connectivity index (χ1) is 14.2. The number of fused-ring (bicyclic) bond motifs is 2. The summed E-state index contributed by atoms with van der Waals surface area (Å²) in [6, 6.07) is 3.78. The fourth-order valence-corrected chi connectivity index (χ4v) is 5.40. The van der Waals surface area contributed by atoms with Crippen molar-refractivity contribution in [2.24, 2.45) is 17.3 Å². The molecule has 2 N–H and O–H groups in total. The molecule has 2 aliphatic rings. The predicted octanol–water partition coefficient (Wildman–Crippen LogP) is 4.36. The highest BCUT2D eigenvalue weighted by Crippen LogP contribution is 2.47. The lowest BCUT2D eigenvalue weighted by atomic mass is 9.67. The number of thioether (sulfide) groups is 1. The standard InChI is InChI=1S/C23H28N4O2S/c1-13(2)7-9-30-22-26-20-19(21(29)27-22)17(14-6-5-8-24-12-14)18-15(25-20)10-23(3,4)11-16(18)28/h5-6,8,10,12-13,17-18H,7,9,11H2,1-4H3,(H2,25,26,27,29)/t17-,18-/m0/s1. The van der Waals surface area contributed by atoms with Crippen LogP contribution in [-0.4, -0.2) is 26.5 Å². The van der Waals surface area contributed by atoms with E-state index in [1.165, 1.54) is 0 Å². The molecule has 4 rings (SSSR count). The van der Waals surface area contributed by atoms with Gasteiger partial charge in [0.15, 0.2) is 5.16 Å². The lowest BCUT2D eigenvalue weighted by molar-refractivity contribution is -0.124. The van der Waals surface area contributed by atoms with E-state index < -0.39 is 11.8 Å². The number of hydrogen-bond donors (Lipinski definition) is 2. The molecule has 1 aliphatic carbocycles. The van der Waals surface area contributed by atoms with Crippen LogP contribution in [0.2, 0.25) is 0 Å². The third-order valence-corrected chi connectivity index (χ3v) is 6.58. The highest BCUT2D eigenvalue weighted by Gasteiger charge is 2.45. The van der Waals surface area contributed by atoms with Gasteiger partial charge in [-0.1, -0.05) is 51.6 Å². The summed E-state index contributed by atoms with van der Waals surface area (Å²) >= 11 is 1.56. The van der Waals surface area contributed by atoms with Crippen LogP contribution in [0.25, 0.3) is 0 Å². The largest absolute Gasteiger partial charge is 0.343 e. The first kappa shape index (κ1) is 20.8. The van der Waals surface area contributed by atoms with E-state index in [4.69, 9.17) is 4.98 Å². The zero-order valence-electron chi connectivity index (χ0n) is 17.9. The average molecular weight is 425 g/mol. The number of nitrogens with zero attached hydrogens (tertiary/aromatic N) is 2. The molecule has 158 valence electrons. The topological polar surface area (TPSA) is 87.7 Å². The normalized spacial score (nSPS) is 22.2. The van der Waals surface area contributed by atoms with Crippen LogP contribution < -0.4 is 10.9 Å². The Labute approximate surface area is 181 Å². The summed E-state index contributed by atoms with van der Waals surface area (Å²) in [5, 5.41) is 3.95. The number of allylic oxidation sites excluding steroid dienone is 2. The summed E-state index contributed by atoms with van der Waals surface area (Å²) in [6.07, 6.45) is 7.07. The molecule has 6 nitrogen and oxygen atoms in total. The summed E-state index contributed by atoms with van der Waals surface area (Å²) in [7, 11) is 0. The number of Topliss-reactive ketones (excluding diaryl/α,β-unsaturated/α-hetero) is 1. The van der Waals surface area contributed by atoms with Gasteiger partial charge in [0.2, 0.25) is 0 Å². The van der Waals surface area contributed by atoms with E-state index in [1.807, 2.05) is 12.1 Å². The van der Waals surface area contributed by atoms with Gasteiger partial charge in [-0.25, -0.2) is 4.98 Å². The molecule has 0 radical (unpaired) electrons. The van der Waals surface area contributed by atoms with E-state index in [0.29, 0.717) is 28.9 Å². The van der Waals surface area contributed by atoms with Crippen molar-refractivity contribution in [2.75, 3.05) is 11.1 Å². The number of nitrogens with one attached hydrogen (secondary N) is 2. The number of aromatic amines is 1. The van der Waals surface area contributed by atoms with Crippen molar-refractivity contribution in [3.8, 4) is 0 Å². The van der Waals surface area contributed by atoms with Gasteiger partial charge >= 0.3 is 0 Å². The van der Waals surface area contributed by atoms with Gasteiger partial charge in [-0.3, -0.25) is 14.6 Å². The molecule has 0 bridgehead atoms. The summed E-state index contributed by atoms with van der Waals surface area (Å²) in [6.45, 7) is 8.47. The van der Waals surface area contributed by atoms with Crippen LogP contribution in [0.15, 0.2) is 46.3 Å². The van der Waals surface area contributed by atoms with Crippen molar-refractivity contribution in [1.82, 2.24) is 15.0 Å². The van der Waals surface area contributed by atoms with Gasteiger partial charge in [-0.15, -0.1) is 0 Å². The maximum atomic E-state index is 13.2. The molecule has 0 saturated heterocycles. The minimum absolute atomic E-state index is 0.138. The Bertz CT molecular complexity index is 1040. The van der Waals surface area contributed by atoms with Gasteiger partial charge in [0.05, 0.1) is 11.5 Å². The van der Waals surface area contributed by atoms with E-state index in [2.05, 4.69) is 49.1 Å². The average Bonchev–Trinajstić information content (AvgIpc) is 2.65. The monoisotopic (exact) mass is 424 g/mol. The van der Waals surface area contributed by atoms with Crippen LogP contribution in [0.5, 0.6) is 0 Å². The van der Waals surface area contributed by atoms with E-state index in [-0.39, 0.29) is 16.8 Å². The molecule has 0 saturated carbocycles. The number of H-pyrrole nitrogens is 1. The Morgan fingerprint density at radius 1 is 1.27 bits per heavy atom. The molecular formula is C23H28N4O2S. The summed E-state index contributed by atoms with van der Waals surface area (Å²) < 4.78 is 0. The zero-order chi connectivity index (χ0) is 21.5. The summed E-state index contributed by atoms with van der Waals surface area (Å²) in [4.78, 5) is 38.3. The molecule has 0 fully saturated rings. The smallest absolute Gasteiger partial charge is 0.257 e. The first-order valence-corrected chi connectivity index (χ1v) is 11.4. The first-order valence-electron chi connectivity index (χ1n) is 10.4. The van der Waals surface area contributed by atoms with Gasteiger partial charge < -0.3 is 10.3 Å². The van der Waals surface area contributed by atoms with Gasteiger partial charge in [-0.05, 0) is 29.4 Å². The predicted molar refractivity (Wildman–Crippen MR) is 120 cm³/mol. The van der Waals surface area contributed by atoms with E-state index in [0.717, 1.165) is 23.4 Å². The molecule has 30 heavy (non-hydrogen) atoms. The second-order valence-electron chi connectivity index (χ2n) is 9.26. The van der Waals surface area contributed by atoms with E-state index in [1.54, 1.807) is 24.2 Å². The fraction of sp³-hybridized carbons (Fsp3) is 0.478. The molecule has 0 aromatic carbocycles. The number of hydrogen-bond acceptors (Lipinski definition) is 6. The summed E-state index contributed by atoms with van der Waals surface area (Å²) in [5.74, 6) is 1.36. The number of ketones is 1. The number of carbonyl (C=O) groups is 1. The lowest BCUT2D eigenvalue weighted by Gasteiger charge is -2.40. The molecule has 1 aliphatic heterocycles. The number of rotatable bonds is 5. The molecule has 2 aromatic heterocycles. The van der Waals surface area contributed by atoms with Gasteiger partial charge in [-0.2, -0.15) is 0 Å². The molecule has 0 spiro atoms. The van der Waals surface area contributed by atoms with Crippen molar-refractivity contribution >= 4 is 23.4 Å². The minimum atomic E-state index is -0.419. The molecule has 2 aromatic rings. The molecule has 2 atom stereocenters. The number of aromatic nitrogens is 3. The fourth-order valence-electron chi connectivity index (χ4n) is 4.30. The number of carbonyl (C=O) groups excluding carboxylic acids is 1. The SMILES string of the molecule is CC(C)CCSc1nc2c(c(=O)[nH]1)[C@@H](c1cccnc1)[C@@H]1C(=O)CC(C)(C)C=C1N2. The summed E-state index contributed by atoms with van der Waals surface area (Å²) in [5.41, 5.74) is 1.80. The molecule has 0 amide bonds.